The van der Waals surface area contributed by atoms with Gasteiger partial charge in [-0.1, -0.05) is 0 Å². The molecule has 0 aliphatic carbocycles. The fourth-order valence-electron chi connectivity index (χ4n) is 7.06. The number of hydrogen-bond donors (Lipinski definition) is 14. The molecule has 25 unspecified atom stereocenters. The zero-order valence-electron chi connectivity index (χ0n) is 31.0. The molecule has 58 heavy (non-hydrogen) atoms. The van der Waals surface area contributed by atoms with E-state index in [2.05, 4.69) is 0 Å². The van der Waals surface area contributed by atoms with E-state index in [1.54, 1.807) is 0 Å². The van der Waals surface area contributed by atoms with E-state index >= 15 is 0 Å². The fourth-order valence-corrected chi connectivity index (χ4v) is 7.06. The van der Waals surface area contributed by atoms with E-state index in [0.717, 1.165) is 6.92 Å². The Hall–Kier alpha value is -1.94. The summed E-state index contributed by atoms with van der Waals surface area (Å²) < 4.78 is 54.9. The van der Waals surface area contributed by atoms with E-state index in [9.17, 15) is 81.1 Å². The van der Waals surface area contributed by atoms with Gasteiger partial charge in [0.2, 0.25) is 0 Å². The lowest BCUT2D eigenvalue weighted by Gasteiger charge is -2.49. The highest BCUT2D eigenvalue weighted by Crippen LogP contribution is 2.36. The van der Waals surface area contributed by atoms with Crippen LogP contribution in [0.25, 0.3) is 0 Å². The molecule has 0 aromatic rings. The first-order valence-corrected chi connectivity index (χ1v) is 18.2. The van der Waals surface area contributed by atoms with Crippen molar-refractivity contribution in [1.29, 1.82) is 0 Å². The number of aliphatic hydroxyl groups excluding tert-OH is 13. The van der Waals surface area contributed by atoms with Crippen molar-refractivity contribution in [1.82, 2.24) is 0 Å². The Bertz CT molecular complexity index is 1360. The lowest BCUT2D eigenvalue weighted by atomic mass is 9.95. The molecule has 5 saturated heterocycles. The number of hydrogen-bond acceptors (Lipinski definition) is 25. The van der Waals surface area contributed by atoms with Crippen LogP contribution in [-0.2, 0) is 57.0 Å². The van der Waals surface area contributed by atoms with Gasteiger partial charge in [0.05, 0.1) is 18.8 Å². The predicted octanol–water partition coefficient (Wildman–Crippen LogP) is -9.21. The topological polar surface area (TPSA) is 410 Å². The van der Waals surface area contributed by atoms with Crippen LogP contribution in [-0.4, -0.2) is 250 Å². The number of esters is 1. The van der Waals surface area contributed by atoms with Crippen LogP contribution < -0.4 is 0 Å². The van der Waals surface area contributed by atoms with Crippen LogP contribution in [0.4, 0.5) is 0 Å². The van der Waals surface area contributed by atoms with Crippen molar-refractivity contribution in [2.24, 2.45) is 0 Å². The molecule has 26 heteroatoms. The summed E-state index contributed by atoms with van der Waals surface area (Å²) in [6.07, 6.45) is -46.6. The monoisotopic (exact) mass is 852 g/mol. The zero-order valence-corrected chi connectivity index (χ0v) is 31.0. The van der Waals surface area contributed by atoms with Crippen LogP contribution in [0.2, 0.25) is 0 Å². The van der Waals surface area contributed by atoms with Crippen LogP contribution in [0.3, 0.4) is 0 Å². The molecular formula is C32H52O26. The lowest BCUT2D eigenvalue weighted by Crippen LogP contribution is -2.67. The molecule has 26 nitrogen and oxygen atoms in total. The average Bonchev–Trinajstić information content (AvgIpc) is 3.17. The number of carbonyl (C=O) groups excluding carboxylic acids is 1. The fraction of sp³-hybridized carbons (Fsp3) is 0.938. The molecule has 5 fully saturated rings. The van der Waals surface area contributed by atoms with Gasteiger partial charge in [0.1, 0.15) is 110 Å². The molecule has 0 saturated carbocycles. The summed E-state index contributed by atoms with van der Waals surface area (Å²) in [6.45, 7) is 2.09. The average molecular weight is 853 g/mol. The van der Waals surface area contributed by atoms with Crippen molar-refractivity contribution in [3.63, 3.8) is 0 Å². The Morgan fingerprint density at radius 2 is 0.983 bits per heavy atom. The van der Waals surface area contributed by atoms with E-state index < -0.39 is 179 Å². The summed E-state index contributed by atoms with van der Waals surface area (Å²) in [6, 6.07) is 0. The van der Waals surface area contributed by atoms with Gasteiger partial charge >= 0.3 is 11.9 Å². The largest absolute Gasteiger partial charge is 0.479 e. The molecule has 336 valence electrons. The van der Waals surface area contributed by atoms with Crippen LogP contribution in [0.1, 0.15) is 20.8 Å². The second-order valence-electron chi connectivity index (χ2n) is 14.6. The molecule has 0 radical (unpaired) electrons. The van der Waals surface area contributed by atoms with Crippen LogP contribution in [0.15, 0.2) is 0 Å². The summed E-state index contributed by atoms with van der Waals surface area (Å²) in [5.74, 6) is -2.54. The van der Waals surface area contributed by atoms with E-state index in [1.807, 2.05) is 0 Å². The molecule has 5 aliphatic heterocycles. The second kappa shape index (κ2) is 19.4. The normalized spacial score (nSPS) is 51.6. The minimum absolute atomic E-state index is 0.618. The van der Waals surface area contributed by atoms with Gasteiger partial charge in [0.25, 0.3) is 0 Å². The molecule has 5 aliphatic rings. The zero-order chi connectivity index (χ0) is 43.1. The van der Waals surface area contributed by atoms with Gasteiger partial charge in [-0.3, -0.25) is 4.79 Å². The Morgan fingerprint density at radius 3 is 1.59 bits per heavy atom. The highest BCUT2D eigenvalue weighted by Gasteiger charge is 2.56. The lowest BCUT2D eigenvalue weighted by molar-refractivity contribution is -0.395. The van der Waals surface area contributed by atoms with Crippen LogP contribution >= 0.6 is 0 Å². The highest BCUT2D eigenvalue weighted by molar-refractivity contribution is 5.73. The first-order valence-electron chi connectivity index (χ1n) is 18.2. The van der Waals surface area contributed by atoms with Crippen molar-refractivity contribution in [2.45, 2.75) is 174 Å². The smallest absolute Gasteiger partial charge is 0.335 e. The van der Waals surface area contributed by atoms with E-state index in [1.165, 1.54) is 13.8 Å². The molecule has 14 N–H and O–H groups in total. The van der Waals surface area contributed by atoms with Crippen molar-refractivity contribution >= 4 is 11.9 Å². The number of carbonyl (C=O) groups is 2. The minimum Gasteiger partial charge on any atom is -0.479 e. The molecule has 0 aromatic carbocycles. The predicted molar refractivity (Wildman–Crippen MR) is 174 cm³/mol. The van der Waals surface area contributed by atoms with Gasteiger partial charge in [0.15, 0.2) is 37.6 Å². The number of rotatable bonds is 12. The van der Waals surface area contributed by atoms with Crippen LogP contribution in [0, 0.1) is 0 Å². The first kappa shape index (κ1) is 47.1. The number of ether oxygens (including phenoxy) is 10. The third-order valence-electron chi connectivity index (χ3n) is 10.5. The van der Waals surface area contributed by atoms with E-state index in [-0.39, 0.29) is 0 Å². The molecule has 0 amide bonds. The SMILES string of the molecule is CC(=O)OCC1OC(O)C(O)C(O)C1OC1OC(CO)C(O)C(OC2OC(C)C(O)C(OC3OC(C)C(O)C(O)C3OC3OC(C(=O)O)C(O)C(O)C3O)C2O)C1O. The Labute approximate surface area is 328 Å². The summed E-state index contributed by atoms with van der Waals surface area (Å²) >= 11 is 0. The van der Waals surface area contributed by atoms with Crippen LogP contribution in [0.5, 0.6) is 0 Å². The molecule has 0 bridgehead atoms. The van der Waals surface area contributed by atoms with Gasteiger partial charge in [-0.25, -0.2) is 4.79 Å². The molecule has 25 atom stereocenters. The maximum Gasteiger partial charge on any atom is 0.335 e. The number of carboxylic acids is 1. The molecule has 5 heterocycles. The van der Waals surface area contributed by atoms with Crippen molar-refractivity contribution in [3.05, 3.63) is 0 Å². The van der Waals surface area contributed by atoms with Gasteiger partial charge < -0.3 is 119 Å². The summed E-state index contributed by atoms with van der Waals surface area (Å²) in [7, 11) is 0. The van der Waals surface area contributed by atoms with Gasteiger partial charge in [-0.2, -0.15) is 0 Å². The molecule has 0 aromatic heterocycles. The number of aliphatic carboxylic acids is 1. The van der Waals surface area contributed by atoms with Crippen molar-refractivity contribution in [2.75, 3.05) is 13.2 Å². The summed E-state index contributed by atoms with van der Waals surface area (Å²) in [5, 5.41) is 148. The van der Waals surface area contributed by atoms with Crippen molar-refractivity contribution < 1.29 is 128 Å². The maximum atomic E-state index is 11.6. The summed E-state index contributed by atoms with van der Waals surface area (Å²) in [4.78, 5) is 23.1. The Morgan fingerprint density at radius 1 is 0.483 bits per heavy atom. The third kappa shape index (κ3) is 9.73. The van der Waals surface area contributed by atoms with Gasteiger partial charge in [-0.05, 0) is 13.8 Å². The standard InChI is InChI=1S/C32H52O26/c1-6-11(35)15(39)26(58-29-19(43)14(38)16(40)25(57-29)27(46)47)32(51-6)56-23-12(36)7(2)50-30(20(23)44)55-24-13(37)9(4-33)53-31(21(24)45)54-22-10(5-49-8(3)34)52-28(48)18(42)17(22)41/h6-7,9-26,28-33,35-45,48H,4-5H2,1-3H3,(H,46,47). The van der Waals surface area contributed by atoms with Gasteiger partial charge in [0, 0.05) is 6.92 Å². The molecule has 5 rings (SSSR count). The molecular weight excluding hydrogens is 800 g/mol. The first-order chi connectivity index (χ1) is 27.2. The third-order valence-corrected chi connectivity index (χ3v) is 10.5. The Kier molecular flexibility index (Phi) is 15.8. The van der Waals surface area contributed by atoms with Crippen molar-refractivity contribution in [3.8, 4) is 0 Å². The number of aliphatic hydroxyl groups is 13. The second-order valence-corrected chi connectivity index (χ2v) is 14.6. The maximum absolute atomic E-state index is 11.6. The number of carboxylic acid groups (broad SMARTS) is 1. The quantitative estimate of drug-likeness (QED) is 0.0811. The van der Waals surface area contributed by atoms with E-state index in [0.29, 0.717) is 0 Å². The molecule has 0 spiro atoms. The van der Waals surface area contributed by atoms with Gasteiger partial charge in [-0.15, -0.1) is 0 Å². The highest BCUT2D eigenvalue weighted by atomic mass is 16.8. The summed E-state index contributed by atoms with van der Waals surface area (Å²) in [5.41, 5.74) is 0. The minimum atomic E-state index is -2.13. The Balaban J connectivity index is 1.35. The van der Waals surface area contributed by atoms with E-state index in [4.69, 9.17) is 47.4 Å².